The zero-order valence-electron chi connectivity index (χ0n) is 14.2. The summed E-state index contributed by atoms with van der Waals surface area (Å²) in [7, 11) is 0. The number of nitrogens with one attached hydrogen (secondary N) is 1. The zero-order valence-corrected chi connectivity index (χ0v) is 14.2. The molecular formula is C17H22N2O5. The van der Waals surface area contributed by atoms with E-state index in [1.807, 2.05) is 0 Å². The third-order valence-electron chi connectivity index (χ3n) is 3.57. The van der Waals surface area contributed by atoms with E-state index in [9.17, 15) is 19.5 Å². The first kappa shape index (κ1) is 17.9. The number of ether oxygens (including phenoxy) is 1. The number of benzene rings is 1. The topological polar surface area (TPSA) is 95.9 Å². The molecule has 0 saturated carbocycles. The summed E-state index contributed by atoms with van der Waals surface area (Å²) in [6.45, 7) is 6.56. The van der Waals surface area contributed by atoms with Gasteiger partial charge in [-0.15, -0.1) is 0 Å². The molecule has 2 rings (SSSR count). The van der Waals surface area contributed by atoms with Gasteiger partial charge in [0.2, 0.25) is 0 Å². The number of hydrogen-bond donors (Lipinski definition) is 2. The molecule has 2 unspecified atom stereocenters. The highest BCUT2D eigenvalue weighted by molar-refractivity contribution is 6.21. The smallest absolute Gasteiger partial charge is 0.407 e. The summed E-state index contributed by atoms with van der Waals surface area (Å²) in [5.41, 5.74) is -0.0120. The van der Waals surface area contributed by atoms with Gasteiger partial charge in [-0.05, 0) is 39.8 Å². The Hall–Kier alpha value is -2.41. The predicted molar refractivity (Wildman–Crippen MR) is 86.6 cm³/mol. The van der Waals surface area contributed by atoms with E-state index >= 15 is 0 Å². The van der Waals surface area contributed by atoms with Gasteiger partial charge in [0.05, 0.1) is 29.8 Å². The number of aliphatic hydroxyl groups is 1. The molecule has 2 atom stereocenters. The van der Waals surface area contributed by atoms with Gasteiger partial charge < -0.3 is 15.2 Å². The van der Waals surface area contributed by atoms with E-state index in [1.54, 1.807) is 52.0 Å². The lowest BCUT2D eigenvalue weighted by Gasteiger charge is -2.26. The molecule has 1 heterocycles. The van der Waals surface area contributed by atoms with Crippen molar-refractivity contribution < 1.29 is 24.2 Å². The summed E-state index contributed by atoms with van der Waals surface area (Å²) >= 11 is 0. The van der Waals surface area contributed by atoms with Crippen LogP contribution in [0.4, 0.5) is 4.79 Å². The standard InChI is InChI=1S/C17H22N2O5/c1-10(18-16(23)24-17(2,3)4)13(20)9-19-14(21)11-7-5-6-8-12(11)15(19)22/h5-8,10,13,20H,9H2,1-4H3,(H,18,23). The van der Waals surface area contributed by atoms with E-state index < -0.39 is 35.7 Å². The summed E-state index contributed by atoms with van der Waals surface area (Å²) in [5.74, 6) is -0.891. The third kappa shape index (κ3) is 3.91. The first-order valence-electron chi connectivity index (χ1n) is 7.73. The Morgan fingerprint density at radius 1 is 1.21 bits per heavy atom. The lowest BCUT2D eigenvalue weighted by atomic mass is 10.1. The van der Waals surface area contributed by atoms with E-state index in [1.165, 1.54) is 0 Å². The molecule has 1 aliphatic rings. The molecule has 1 aromatic carbocycles. The Morgan fingerprint density at radius 2 is 1.71 bits per heavy atom. The fraction of sp³-hybridized carbons (Fsp3) is 0.471. The highest BCUT2D eigenvalue weighted by Crippen LogP contribution is 2.22. The van der Waals surface area contributed by atoms with Gasteiger partial charge in [-0.1, -0.05) is 12.1 Å². The number of hydrogen-bond acceptors (Lipinski definition) is 5. The van der Waals surface area contributed by atoms with Crippen molar-refractivity contribution in [3.8, 4) is 0 Å². The minimum Gasteiger partial charge on any atom is -0.444 e. The van der Waals surface area contributed by atoms with Crippen LogP contribution in [0.2, 0.25) is 0 Å². The van der Waals surface area contributed by atoms with Crippen molar-refractivity contribution in [3.05, 3.63) is 35.4 Å². The van der Waals surface area contributed by atoms with Crippen molar-refractivity contribution in [1.29, 1.82) is 0 Å². The van der Waals surface area contributed by atoms with Crippen LogP contribution in [0, 0.1) is 0 Å². The third-order valence-corrected chi connectivity index (χ3v) is 3.57. The molecule has 0 fully saturated rings. The van der Waals surface area contributed by atoms with Gasteiger partial charge >= 0.3 is 6.09 Å². The first-order valence-corrected chi connectivity index (χ1v) is 7.73. The Kier molecular flexibility index (Phi) is 4.94. The molecule has 0 spiro atoms. The summed E-state index contributed by atoms with van der Waals surface area (Å²) in [5, 5.41) is 12.7. The predicted octanol–water partition coefficient (Wildman–Crippen LogP) is 1.56. The first-order chi connectivity index (χ1) is 11.1. The van der Waals surface area contributed by atoms with Crippen molar-refractivity contribution in [2.75, 3.05) is 6.54 Å². The van der Waals surface area contributed by atoms with Gasteiger partial charge in [0.15, 0.2) is 0 Å². The molecule has 1 aromatic rings. The summed E-state index contributed by atoms with van der Waals surface area (Å²) in [4.78, 5) is 37.2. The summed E-state index contributed by atoms with van der Waals surface area (Å²) in [6, 6.07) is 5.81. The SMILES string of the molecule is CC(NC(=O)OC(C)(C)C)C(O)CN1C(=O)c2ccccc2C1=O. The van der Waals surface area contributed by atoms with Crippen LogP contribution in [0.3, 0.4) is 0 Å². The molecule has 0 aromatic heterocycles. The molecule has 130 valence electrons. The van der Waals surface area contributed by atoms with Gasteiger partial charge in [0.25, 0.3) is 11.8 Å². The van der Waals surface area contributed by atoms with Crippen LogP contribution in [-0.4, -0.2) is 52.2 Å². The maximum atomic E-state index is 12.3. The summed E-state index contributed by atoms with van der Waals surface area (Å²) < 4.78 is 5.11. The summed E-state index contributed by atoms with van der Waals surface area (Å²) in [6.07, 6.45) is -1.78. The fourth-order valence-corrected chi connectivity index (χ4v) is 2.34. The lowest BCUT2D eigenvalue weighted by molar-refractivity contribution is 0.0370. The maximum Gasteiger partial charge on any atom is 0.407 e. The maximum absolute atomic E-state index is 12.3. The van der Waals surface area contributed by atoms with Crippen molar-refractivity contribution >= 4 is 17.9 Å². The van der Waals surface area contributed by atoms with Crippen LogP contribution in [0.25, 0.3) is 0 Å². The Morgan fingerprint density at radius 3 is 2.17 bits per heavy atom. The normalized spacial score (nSPS) is 16.6. The average molecular weight is 334 g/mol. The molecule has 0 saturated heterocycles. The molecule has 7 nitrogen and oxygen atoms in total. The van der Waals surface area contributed by atoms with Crippen LogP contribution >= 0.6 is 0 Å². The van der Waals surface area contributed by atoms with Gasteiger partial charge in [-0.25, -0.2) is 4.79 Å². The van der Waals surface area contributed by atoms with Crippen LogP contribution in [-0.2, 0) is 4.74 Å². The van der Waals surface area contributed by atoms with Gasteiger partial charge in [0, 0.05) is 0 Å². The molecule has 1 aliphatic heterocycles. The molecule has 24 heavy (non-hydrogen) atoms. The van der Waals surface area contributed by atoms with E-state index in [4.69, 9.17) is 4.74 Å². The van der Waals surface area contributed by atoms with Crippen molar-refractivity contribution in [2.45, 2.75) is 45.4 Å². The molecule has 3 amide bonds. The second kappa shape index (κ2) is 6.60. The second-order valence-electron chi connectivity index (χ2n) is 6.77. The van der Waals surface area contributed by atoms with E-state index in [0.717, 1.165) is 4.90 Å². The Labute approximate surface area is 140 Å². The molecular weight excluding hydrogens is 312 g/mol. The van der Waals surface area contributed by atoms with Crippen LogP contribution in [0.5, 0.6) is 0 Å². The molecule has 0 aliphatic carbocycles. The number of aliphatic hydroxyl groups excluding tert-OH is 1. The second-order valence-corrected chi connectivity index (χ2v) is 6.77. The number of fused-ring (bicyclic) bond motifs is 1. The molecule has 0 bridgehead atoms. The molecule has 7 heteroatoms. The monoisotopic (exact) mass is 334 g/mol. The number of nitrogens with zero attached hydrogens (tertiary/aromatic N) is 1. The van der Waals surface area contributed by atoms with E-state index in [-0.39, 0.29) is 6.54 Å². The number of β-amino-alcohol motifs (C(OH)–C–C–N with tert-alkyl or cyclic N) is 1. The van der Waals surface area contributed by atoms with E-state index in [2.05, 4.69) is 5.32 Å². The number of alkyl carbamates (subject to hydrolysis) is 1. The highest BCUT2D eigenvalue weighted by Gasteiger charge is 2.37. The largest absolute Gasteiger partial charge is 0.444 e. The number of carbonyl (C=O) groups is 3. The average Bonchev–Trinajstić information content (AvgIpc) is 2.70. The quantitative estimate of drug-likeness (QED) is 0.815. The molecule has 0 radical (unpaired) electrons. The fourth-order valence-electron chi connectivity index (χ4n) is 2.34. The number of imide groups is 1. The Balaban J connectivity index is 1.98. The van der Waals surface area contributed by atoms with Crippen molar-refractivity contribution in [1.82, 2.24) is 10.2 Å². The van der Waals surface area contributed by atoms with Crippen molar-refractivity contribution in [3.63, 3.8) is 0 Å². The van der Waals surface area contributed by atoms with E-state index in [0.29, 0.717) is 11.1 Å². The number of amides is 3. The van der Waals surface area contributed by atoms with Crippen molar-refractivity contribution in [2.24, 2.45) is 0 Å². The number of carbonyl (C=O) groups excluding carboxylic acids is 3. The van der Waals surface area contributed by atoms with Crippen LogP contribution < -0.4 is 5.32 Å². The molecule has 2 N–H and O–H groups in total. The number of rotatable bonds is 4. The highest BCUT2D eigenvalue weighted by atomic mass is 16.6. The van der Waals surface area contributed by atoms with Gasteiger partial charge in [-0.2, -0.15) is 0 Å². The lowest BCUT2D eigenvalue weighted by Crippen LogP contribution is -2.49. The minimum absolute atomic E-state index is 0.205. The minimum atomic E-state index is -1.11. The zero-order chi connectivity index (χ0) is 18.1. The van der Waals surface area contributed by atoms with Gasteiger partial charge in [-0.3, -0.25) is 14.5 Å². The van der Waals surface area contributed by atoms with Crippen LogP contribution in [0.15, 0.2) is 24.3 Å². The van der Waals surface area contributed by atoms with Crippen LogP contribution in [0.1, 0.15) is 48.4 Å². The Bertz CT molecular complexity index is 630. The van der Waals surface area contributed by atoms with Gasteiger partial charge in [0.1, 0.15) is 5.60 Å².